The molecule has 2 rings (SSSR count). The number of piperidine rings is 1. The monoisotopic (exact) mass is 334 g/mol. The smallest absolute Gasteiger partial charge is 0.325 e. The summed E-state index contributed by atoms with van der Waals surface area (Å²) in [5.74, 6) is -1.49. The minimum absolute atomic E-state index is 0.0487. The summed E-state index contributed by atoms with van der Waals surface area (Å²) < 4.78 is 37.7. The van der Waals surface area contributed by atoms with Gasteiger partial charge in [-0.25, -0.2) is 0 Å². The molecule has 1 aliphatic rings. The second-order valence-electron chi connectivity index (χ2n) is 5.60. The number of rotatable bonds is 3. The number of hydrogen-bond acceptors (Lipinski definition) is 2. The molecule has 0 unspecified atom stereocenters. The van der Waals surface area contributed by atoms with Crippen LogP contribution in [0.5, 0.6) is 0 Å². The molecule has 0 radical (unpaired) electrons. The fourth-order valence-electron chi connectivity index (χ4n) is 2.49. The molecule has 1 aliphatic heterocycles. The lowest BCUT2D eigenvalue weighted by Crippen LogP contribution is -2.42. The van der Waals surface area contributed by atoms with Gasteiger partial charge in [-0.3, -0.25) is 9.69 Å². The Kier molecular flexibility index (Phi) is 5.34. The average Bonchev–Trinajstić information content (AvgIpc) is 2.42. The number of carbonyl (C=O) groups is 1. The summed E-state index contributed by atoms with van der Waals surface area (Å²) in [5.41, 5.74) is 1.50. The predicted octanol–water partition coefficient (Wildman–Crippen LogP) is 3.86. The number of aryl methyl sites for hydroxylation is 1. The molecule has 3 nitrogen and oxygen atoms in total. The maximum absolute atomic E-state index is 12.6. The molecule has 0 bridgehead atoms. The van der Waals surface area contributed by atoms with Crippen molar-refractivity contribution in [1.29, 1.82) is 0 Å². The molecule has 1 aromatic rings. The molecule has 0 atom stereocenters. The van der Waals surface area contributed by atoms with Crippen LogP contribution in [0.15, 0.2) is 18.2 Å². The van der Waals surface area contributed by atoms with E-state index in [0.717, 1.165) is 5.56 Å². The summed E-state index contributed by atoms with van der Waals surface area (Å²) in [6.07, 6.45) is -4.03. The third-order valence-electron chi connectivity index (χ3n) is 3.87. The van der Waals surface area contributed by atoms with Gasteiger partial charge in [-0.2, -0.15) is 13.2 Å². The Labute approximate surface area is 132 Å². The fourth-order valence-corrected chi connectivity index (χ4v) is 2.67. The zero-order valence-electron chi connectivity index (χ0n) is 12.2. The first kappa shape index (κ1) is 17.1. The summed E-state index contributed by atoms with van der Waals surface area (Å²) >= 11 is 5.98. The second-order valence-corrected chi connectivity index (χ2v) is 6.01. The van der Waals surface area contributed by atoms with Crippen molar-refractivity contribution in [3.8, 4) is 0 Å². The predicted molar refractivity (Wildman–Crippen MR) is 80.0 cm³/mol. The molecule has 0 aromatic heterocycles. The third kappa shape index (κ3) is 4.61. The van der Waals surface area contributed by atoms with Crippen LogP contribution in [0.3, 0.4) is 0 Å². The SMILES string of the molecule is Cc1ccc(NC(=O)CN2CCC(C(F)(F)F)CC2)cc1Cl. The number of nitrogens with one attached hydrogen (secondary N) is 1. The van der Waals surface area contributed by atoms with Crippen LogP contribution >= 0.6 is 11.6 Å². The van der Waals surface area contributed by atoms with Gasteiger partial charge in [0, 0.05) is 10.7 Å². The molecule has 0 aliphatic carbocycles. The molecular weight excluding hydrogens is 317 g/mol. The van der Waals surface area contributed by atoms with Crippen LogP contribution in [0.2, 0.25) is 5.02 Å². The topological polar surface area (TPSA) is 32.3 Å². The maximum Gasteiger partial charge on any atom is 0.391 e. The highest BCUT2D eigenvalue weighted by molar-refractivity contribution is 6.31. The van der Waals surface area contributed by atoms with Gasteiger partial charge in [-0.1, -0.05) is 17.7 Å². The van der Waals surface area contributed by atoms with E-state index in [2.05, 4.69) is 5.32 Å². The average molecular weight is 335 g/mol. The van der Waals surface area contributed by atoms with Gasteiger partial charge in [-0.15, -0.1) is 0 Å². The third-order valence-corrected chi connectivity index (χ3v) is 4.28. The highest BCUT2D eigenvalue weighted by Gasteiger charge is 2.41. The second kappa shape index (κ2) is 6.87. The molecule has 1 aromatic carbocycles. The highest BCUT2D eigenvalue weighted by atomic mass is 35.5. The van der Waals surface area contributed by atoms with E-state index in [1.165, 1.54) is 0 Å². The highest BCUT2D eigenvalue weighted by Crippen LogP contribution is 2.34. The zero-order chi connectivity index (χ0) is 16.3. The van der Waals surface area contributed by atoms with Crippen molar-refractivity contribution < 1.29 is 18.0 Å². The molecule has 7 heteroatoms. The van der Waals surface area contributed by atoms with E-state index in [9.17, 15) is 18.0 Å². The number of halogens is 4. The Morgan fingerprint density at radius 2 is 2.00 bits per heavy atom. The molecule has 1 fully saturated rings. The van der Waals surface area contributed by atoms with Crippen LogP contribution in [0, 0.1) is 12.8 Å². The lowest BCUT2D eigenvalue weighted by Gasteiger charge is -2.32. The van der Waals surface area contributed by atoms with Crippen LogP contribution in [0.25, 0.3) is 0 Å². The molecule has 0 spiro atoms. The minimum atomic E-state index is -4.13. The molecule has 122 valence electrons. The van der Waals surface area contributed by atoms with Gasteiger partial charge in [0.15, 0.2) is 0 Å². The van der Waals surface area contributed by atoms with Crippen molar-refractivity contribution in [2.75, 3.05) is 25.0 Å². The van der Waals surface area contributed by atoms with Crippen molar-refractivity contribution in [2.45, 2.75) is 25.9 Å². The van der Waals surface area contributed by atoms with Crippen LogP contribution in [0.1, 0.15) is 18.4 Å². The van der Waals surface area contributed by atoms with Gasteiger partial charge < -0.3 is 5.32 Å². The van der Waals surface area contributed by atoms with Gasteiger partial charge in [0.25, 0.3) is 0 Å². The molecular formula is C15H18ClF3N2O. The number of benzene rings is 1. The zero-order valence-corrected chi connectivity index (χ0v) is 13.0. The van der Waals surface area contributed by atoms with E-state index in [1.807, 2.05) is 6.92 Å². The van der Waals surface area contributed by atoms with E-state index in [1.54, 1.807) is 23.1 Å². The largest absolute Gasteiger partial charge is 0.391 e. The van der Waals surface area contributed by atoms with E-state index in [-0.39, 0.29) is 38.4 Å². The van der Waals surface area contributed by atoms with Crippen LogP contribution in [-0.4, -0.2) is 36.6 Å². The Bertz CT molecular complexity index is 540. The first-order valence-corrected chi connectivity index (χ1v) is 7.48. The quantitative estimate of drug-likeness (QED) is 0.910. The van der Waals surface area contributed by atoms with Gasteiger partial charge in [0.1, 0.15) is 0 Å². The van der Waals surface area contributed by atoms with E-state index < -0.39 is 12.1 Å². The number of likely N-dealkylation sites (tertiary alicyclic amines) is 1. The van der Waals surface area contributed by atoms with Gasteiger partial charge in [0.2, 0.25) is 5.91 Å². The summed E-state index contributed by atoms with van der Waals surface area (Å²) in [6, 6.07) is 5.20. The van der Waals surface area contributed by atoms with Crippen molar-refractivity contribution in [2.24, 2.45) is 5.92 Å². The fraction of sp³-hybridized carbons (Fsp3) is 0.533. The molecule has 22 heavy (non-hydrogen) atoms. The summed E-state index contributed by atoms with van der Waals surface area (Å²) in [6.45, 7) is 2.52. The summed E-state index contributed by atoms with van der Waals surface area (Å²) in [7, 11) is 0. The molecule has 0 saturated carbocycles. The molecule has 1 N–H and O–H groups in total. The van der Waals surface area contributed by atoms with Crippen LogP contribution < -0.4 is 5.32 Å². The number of alkyl halides is 3. The Morgan fingerprint density at radius 3 is 2.55 bits per heavy atom. The first-order chi connectivity index (χ1) is 10.3. The number of nitrogens with zero attached hydrogens (tertiary/aromatic N) is 1. The Morgan fingerprint density at radius 1 is 1.36 bits per heavy atom. The molecule has 1 heterocycles. The summed E-state index contributed by atoms with van der Waals surface area (Å²) in [4.78, 5) is 13.7. The van der Waals surface area contributed by atoms with E-state index >= 15 is 0 Å². The van der Waals surface area contributed by atoms with Gasteiger partial charge in [-0.05, 0) is 50.6 Å². The standard InChI is InChI=1S/C15H18ClF3N2O/c1-10-2-3-12(8-13(10)16)20-14(22)9-21-6-4-11(5-7-21)15(17,18)19/h2-3,8,11H,4-7,9H2,1H3,(H,20,22). The summed E-state index contributed by atoms with van der Waals surface area (Å²) in [5, 5.41) is 3.27. The number of carbonyl (C=O) groups excluding carboxylic acids is 1. The van der Waals surface area contributed by atoms with E-state index in [0.29, 0.717) is 10.7 Å². The van der Waals surface area contributed by atoms with Crippen LogP contribution in [-0.2, 0) is 4.79 Å². The van der Waals surface area contributed by atoms with Crippen molar-refractivity contribution in [3.63, 3.8) is 0 Å². The number of amides is 1. The lowest BCUT2D eigenvalue weighted by molar-refractivity contribution is -0.184. The Balaban J connectivity index is 1.82. The minimum Gasteiger partial charge on any atom is -0.325 e. The van der Waals surface area contributed by atoms with Crippen molar-refractivity contribution in [3.05, 3.63) is 28.8 Å². The van der Waals surface area contributed by atoms with Gasteiger partial charge >= 0.3 is 6.18 Å². The van der Waals surface area contributed by atoms with Crippen molar-refractivity contribution >= 4 is 23.2 Å². The lowest BCUT2D eigenvalue weighted by atomic mass is 9.96. The molecule has 1 amide bonds. The Hall–Kier alpha value is -1.27. The molecule has 1 saturated heterocycles. The first-order valence-electron chi connectivity index (χ1n) is 7.11. The number of hydrogen-bond donors (Lipinski definition) is 1. The van der Waals surface area contributed by atoms with Crippen LogP contribution in [0.4, 0.5) is 18.9 Å². The number of anilines is 1. The van der Waals surface area contributed by atoms with E-state index in [4.69, 9.17) is 11.6 Å². The maximum atomic E-state index is 12.6. The van der Waals surface area contributed by atoms with Gasteiger partial charge in [0.05, 0.1) is 12.5 Å². The normalized spacial score (nSPS) is 17.5. The van der Waals surface area contributed by atoms with Crippen molar-refractivity contribution in [1.82, 2.24) is 4.90 Å².